The maximum atomic E-state index is 11.9. The van der Waals surface area contributed by atoms with Crippen molar-refractivity contribution in [2.75, 3.05) is 13.2 Å². The van der Waals surface area contributed by atoms with Gasteiger partial charge in [0.15, 0.2) is 0 Å². The van der Waals surface area contributed by atoms with Crippen molar-refractivity contribution in [3.8, 4) is 0 Å². The van der Waals surface area contributed by atoms with Gasteiger partial charge in [-0.15, -0.1) is 0 Å². The van der Waals surface area contributed by atoms with Crippen LogP contribution in [0.2, 0.25) is 0 Å². The van der Waals surface area contributed by atoms with Gasteiger partial charge >= 0.3 is 0 Å². The highest BCUT2D eigenvalue weighted by molar-refractivity contribution is 5.93. The van der Waals surface area contributed by atoms with Crippen LogP contribution < -0.4 is 10.9 Å². The SMILES string of the molecule is Cc1ccc(C(=O)NCCCO[C@@H](C)c2ccccc2)c(=O)[nH]1. The number of carbonyl (C=O) groups is 1. The molecular weight excluding hydrogens is 292 g/mol. The maximum absolute atomic E-state index is 11.9. The average Bonchev–Trinajstić information content (AvgIpc) is 2.55. The number of rotatable bonds is 7. The van der Waals surface area contributed by atoms with Gasteiger partial charge in [-0.2, -0.15) is 0 Å². The molecule has 2 N–H and O–H groups in total. The van der Waals surface area contributed by atoms with E-state index in [-0.39, 0.29) is 23.1 Å². The quantitative estimate of drug-likeness (QED) is 0.772. The molecule has 1 aromatic heterocycles. The van der Waals surface area contributed by atoms with Gasteiger partial charge in [-0.05, 0) is 38.0 Å². The van der Waals surface area contributed by atoms with Crippen LogP contribution in [0.1, 0.15) is 41.1 Å². The molecule has 0 aliphatic carbocycles. The first-order valence-electron chi connectivity index (χ1n) is 7.72. The molecule has 5 heteroatoms. The number of aromatic amines is 1. The smallest absolute Gasteiger partial charge is 0.260 e. The zero-order chi connectivity index (χ0) is 16.7. The summed E-state index contributed by atoms with van der Waals surface area (Å²) in [6.45, 7) is 4.78. The van der Waals surface area contributed by atoms with Gasteiger partial charge < -0.3 is 15.0 Å². The van der Waals surface area contributed by atoms with Crippen LogP contribution in [0.5, 0.6) is 0 Å². The Morgan fingerprint density at radius 2 is 1.96 bits per heavy atom. The van der Waals surface area contributed by atoms with Crippen LogP contribution in [-0.2, 0) is 4.74 Å². The summed E-state index contributed by atoms with van der Waals surface area (Å²) in [5, 5.41) is 2.73. The number of aryl methyl sites for hydroxylation is 1. The lowest BCUT2D eigenvalue weighted by Gasteiger charge is -2.13. The second-order valence-electron chi connectivity index (χ2n) is 5.42. The highest BCUT2D eigenvalue weighted by Gasteiger charge is 2.09. The van der Waals surface area contributed by atoms with Gasteiger partial charge in [0.25, 0.3) is 11.5 Å². The molecular formula is C18H22N2O3. The molecule has 0 unspecified atom stereocenters. The minimum Gasteiger partial charge on any atom is -0.374 e. The number of hydrogen-bond donors (Lipinski definition) is 2. The topological polar surface area (TPSA) is 71.2 Å². The highest BCUT2D eigenvalue weighted by atomic mass is 16.5. The predicted molar refractivity (Wildman–Crippen MR) is 89.6 cm³/mol. The Bertz CT molecular complexity index is 695. The van der Waals surface area contributed by atoms with E-state index in [9.17, 15) is 9.59 Å². The number of nitrogens with one attached hydrogen (secondary N) is 2. The summed E-state index contributed by atoms with van der Waals surface area (Å²) in [7, 11) is 0. The number of aromatic nitrogens is 1. The molecule has 122 valence electrons. The largest absolute Gasteiger partial charge is 0.374 e. The molecule has 0 saturated carbocycles. The third-order valence-corrected chi connectivity index (χ3v) is 3.54. The summed E-state index contributed by atoms with van der Waals surface area (Å²) in [6, 6.07) is 13.2. The first kappa shape index (κ1) is 17.0. The number of amides is 1. The van der Waals surface area contributed by atoms with E-state index in [2.05, 4.69) is 10.3 Å². The van der Waals surface area contributed by atoms with E-state index in [1.165, 1.54) is 6.07 Å². The Morgan fingerprint density at radius 1 is 1.22 bits per heavy atom. The first-order chi connectivity index (χ1) is 11.1. The fraction of sp³-hybridized carbons (Fsp3) is 0.333. The van der Waals surface area contributed by atoms with Crippen LogP contribution in [0.15, 0.2) is 47.3 Å². The number of hydrogen-bond acceptors (Lipinski definition) is 3. The minimum absolute atomic E-state index is 0.0202. The molecule has 5 nitrogen and oxygen atoms in total. The van der Waals surface area contributed by atoms with E-state index in [1.807, 2.05) is 37.3 Å². The molecule has 1 atom stereocenters. The van der Waals surface area contributed by atoms with Crippen molar-refractivity contribution in [1.29, 1.82) is 0 Å². The van der Waals surface area contributed by atoms with E-state index < -0.39 is 0 Å². The Labute approximate surface area is 135 Å². The molecule has 1 aromatic carbocycles. The number of ether oxygens (including phenoxy) is 1. The van der Waals surface area contributed by atoms with Gasteiger partial charge in [-0.1, -0.05) is 30.3 Å². The van der Waals surface area contributed by atoms with E-state index in [4.69, 9.17) is 4.74 Å². The van der Waals surface area contributed by atoms with E-state index in [0.717, 1.165) is 11.3 Å². The fourth-order valence-electron chi connectivity index (χ4n) is 2.20. The van der Waals surface area contributed by atoms with Crippen molar-refractivity contribution < 1.29 is 9.53 Å². The molecule has 0 bridgehead atoms. The second-order valence-corrected chi connectivity index (χ2v) is 5.42. The summed E-state index contributed by atoms with van der Waals surface area (Å²) in [5.74, 6) is -0.359. The van der Waals surface area contributed by atoms with Crippen LogP contribution in [-0.4, -0.2) is 24.0 Å². The van der Waals surface area contributed by atoms with Crippen molar-refractivity contribution in [3.63, 3.8) is 0 Å². The molecule has 23 heavy (non-hydrogen) atoms. The first-order valence-corrected chi connectivity index (χ1v) is 7.72. The monoisotopic (exact) mass is 314 g/mol. The van der Waals surface area contributed by atoms with Crippen LogP contribution in [0.4, 0.5) is 0 Å². The fourth-order valence-corrected chi connectivity index (χ4v) is 2.20. The maximum Gasteiger partial charge on any atom is 0.260 e. The van der Waals surface area contributed by atoms with E-state index >= 15 is 0 Å². The van der Waals surface area contributed by atoms with Gasteiger partial charge in [0.05, 0.1) is 6.10 Å². The standard InChI is InChI=1S/C18H22N2O3/c1-13-9-10-16(18(22)20-13)17(21)19-11-6-12-23-14(2)15-7-4-3-5-8-15/h3-5,7-10,14H,6,11-12H2,1-2H3,(H,19,21)(H,20,22)/t14-/m0/s1. The summed E-state index contributed by atoms with van der Waals surface area (Å²) < 4.78 is 5.74. The summed E-state index contributed by atoms with van der Waals surface area (Å²) in [5.41, 5.74) is 1.63. The number of benzene rings is 1. The summed E-state index contributed by atoms with van der Waals surface area (Å²) >= 11 is 0. The molecule has 0 aliphatic rings. The molecule has 2 rings (SSSR count). The Balaban J connectivity index is 1.71. The average molecular weight is 314 g/mol. The van der Waals surface area contributed by atoms with Crippen molar-refractivity contribution in [3.05, 3.63) is 69.6 Å². The van der Waals surface area contributed by atoms with E-state index in [0.29, 0.717) is 19.6 Å². The van der Waals surface area contributed by atoms with Gasteiger partial charge in [-0.3, -0.25) is 9.59 Å². The number of H-pyrrole nitrogens is 1. The van der Waals surface area contributed by atoms with Gasteiger partial charge in [0.2, 0.25) is 0 Å². The van der Waals surface area contributed by atoms with Crippen molar-refractivity contribution in [2.45, 2.75) is 26.4 Å². The molecule has 0 aliphatic heterocycles. The lowest BCUT2D eigenvalue weighted by molar-refractivity contribution is 0.0635. The van der Waals surface area contributed by atoms with Gasteiger partial charge in [-0.25, -0.2) is 0 Å². The van der Waals surface area contributed by atoms with Crippen LogP contribution >= 0.6 is 0 Å². The van der Waals surface area contributed by atoms with Crippen LogP contribution in [0, 0.1) is 6.92 Å². The molecule has 0 saturated heterocycles. The lowest BCUT2D eigenvalue weighted by Crippen LogP contribution is -2.30. The Kier molecular flexibility index (Phi) is 6.11. The molecule has 0 fully saturated rings. The molecule has 0 radical (unpaired) electrons. The van der Waals surface area contributed by atoms with Crippen molar-refractivity contribution in [2.24, 2.45) is 0 Å². The normalized spacial score (nSPS) is 11.9. The lowest BCUT2D eigenvalue weighted by atomic mass is 10.1. The zero-order valence-electron chi connectivity index (χ0n) is 13.5. The van der Waals surface area contributed by atoms with Gasteiger partial charge in [0, 0.05) is 18.8 Å². The summed E-state index contributed by atoms with van der Waals surface area (Å²) in [4.78, 5) is 26.2. The van der Waals surface area contributed by atoms with Crippen molar-refractivity contribution in [1.82, 2.24) is 10.3 Å². The Morgan fingerprint density at radius 3 is 2.65 bits per heavy atom. The second kappa shape index (κ2) is 8.29. The highest BCUT2D eigenvalue weighted by Crippen LogP contribution is 2.15. The number of carbonyl (C=O) groups excluding carboxylic acids is 1. The van der Waals surface area contributed by atoms with Crippen molar-refractivity contribution >= 4 is 5.91 Å². The van der Waals surface area contributed by atoms with Crippen LogP contribution in [0.25, 0.3) is 0 Å². The zero-order valence-corrected chi connectivity index (χ0v) is 13.5. The molecule has 1 amide bonds. The van der Waals surface area contributed by atoms with E-state index in [1.54, 1.807) is 13.0 Å². The number of pyridine rings is 1. The predicted octanol–water partition coefficient (Wildman–Crippen LogP) is 2.58. The van der Waals surface area contributed by atoms with Gasteiger partial charge in [0.1, 0.15) is 5.56 Å². The third kappa shape index (κ3) is 5.07. The Hall–Kier alpha value is -2.40. The summed E-state index contributed by atoms with van der Waals surface area (Å²) in [6.07, 6.45) is 0.707. The molecule has 2 aromatic rings. The molecule has 1 heterocycles. The minimum atomic E-state index is -0.364. The van der Waals surface area contributed by atoms with Crippen LogP contribution in [0.3, 0.4) is 0 Å². The third-order valence-electron chi connectivity index (χ3n) is 3.54. The molecule has 0 spiro atoms.